The van der Waals surface area contributed by atoms with Crippen LogP contribution in [0.3, 0.4) is 0 Å². The highest BCUT2D eigenvalue weighted by Gasteiger charge is 2.54. The van der Waals surface area contributed by atoms with Crippen molar-refractivity contribution in [3.63, 3.8) is 0 Å². The van der Waals surface area contributed by atoms with Gasteiger partial charge in [0.2, 0.25) is 5.91 Å². The second kappa shape index (κ2) is 4.65. The van der Waals surface area contributed by atoms with Gasteiger partial charge in [-0.1, -0.05) is 0 Å². The van der Waals surface area contributed by atoms with E-state index in [9.17, 15) is 14.4 Å². The molecule has 2 heterocycles. The molecule has 2 saturated heterocycles. The molecule has 0 aromatic rings. The maximum atomic E-state index is 11.7. The quantitative estimate of drug-likeness (QED) is 0.389. The van der Waals surface area contributed by atoms with Crippen molar-refractivity contribution in [2.75, 3.05) is 13.7 Å². The highest BCUT2D eigenvalue weighted by Crippen LogP contribution is 2.36. The second-order valence-electron chi connectivity index (χ2n) is 3.64. The van der Waals surface area contributed by atoms with Gasteiger partial charge in [-0.25, -0.2) is 9.59 Å². The van der Waals surface area contributed by atoms with Crippen LogP contribution >= 0.6 is 0 Å². The van der Waals surface area contributed by atoms with E-state index in [1.54, 1.807) is 0 Å². The summed E-state index contributed by atoms with van der Waals surface area (Å²) in [4.78, 5) is 35.1. The predicted molar refractivity (Wildman–Crippen MR) is 53.8 cm³/mol. The number of β-lactam (4-membered cyclic amide) rings is 1. The summed E-state index contributed by atoms with van der Waals surface area (Å²) in [6.07, 6.45) is -0.301. The molecule has 2 unspecified atom stereocenters. The number of ether oxygens (including phenoxy) is 3. The van der Waals surface area contributed by atoms with Gasteiger partial charge in [0, 0.05) is 0 Å². The molecule has 2 atom stereocenters. The maximum Gasteiger partial charge on any atom is 0.515 e. The van der Waals surface area contributed by atoms with Crippen LogP contribution in [0.4, 0.5) is 4.79 Å². The van der Waals surface area contributed by atoms with Crippen molar-refractivity contribution < 1.29 is 33.7 Å². The number of methoxy groups -OCH3 is 1. The normalized spacial score (nSPS) is 27.3. The number of carbonyl (C=O) groups excluding carboxylic acids is 3. The number of amides is 1. The SMILES string of the molecule is COC(=O)OC(=O)C1/C(=C/CO)OC2CC(=O)N21. The predicted octanol–water partition coefficient (Wildman–Crippen LogP) is -0.871. The van der Waals surface area contributed by atoms with Gasteiger partial charge in [-0.2, -0.15) is 0 Å². The first-order valence-electron chi connectivity index (χ1n) is 5.17. The van der Waals surface area contributed by atoms with Gasteiger partial charge >= 0.3 is 12.1 Å². The van der Waals surface area contributed by atoms with Gasteiger partial charge < -0.3 is 19.3 Å². The summed E-state index contributed by atoms with van der Waals surface area (Å²) in [5, 5.41) is 8.81. The molecule has 1 amide bonds. The fourth-order valence-corrected chi connectivity index (χ4v) is 1.83. The van der Waals surface area contributed by atoms with E-state index in [2.05, 4.69) is 9.47 Å². The topological polar surface area (TPSA) is 102 Å². The van der Waals surface area contributed by atoms with E-state index in [1.165, 1.54) is 6.08 Å². The van der Waals surface area contributed by atoms with Crippen molar-refractivity contribution in [1.29, 1.82) is 0 Å². The highest BCUT2D eigenvalue weighted by atomic mass is 16.7. The van der Waals surface area contributed by atoms with Crippen molar-refractivity contribution in [3.8, 4) is 0 Å². The average molecular weight is 257 g/mol. The molecular formula is C10H11NO7. The van der Waals surface area contributed by atoms with Gasteiger partial charge in [0.1, 0.15) is 5.76 Å². The zero-order valence-corrected chi connectivity index (χ0v) is 9.49. The molecule has 2 aliphatic heterocycles. The van der Waals surface area contributed by atoms with Crippen molar-refractivity contribution in [3.05, 3.63) is 11.8 Å². The highest BCUT2D eigenvalue weighted by molar-refractivity contribution is 5.94. The Labute approximate surface area is 102 Å². The zero-order chi connectivity index (χ0) is 13.3. The minimum atomic E-state index is -1.17. The largest absolute Gasteiger partial charge is 0.515 e. The van der Waals surface area contributed by atoms with Gasteiger partial charge in [-0.15, -0.1) is 0 Å². The van der Waals surface area contributed by atoms with Gasteiger partial charge in [0.15, 0.2) is 12.3 Å². The van der Waals surface area contributed by atoms with Crippen molar-refractivity contribution in [2.24, 2.45) is 0 Å². The van der Waals surface area contributed by atoms with Gasteiger partial charge in [-0.3, -0.25) is 9.69 Å². The number of carbonyl (C=O) groups is 3. The van der Waals surface area contributed by atoms with Crippen LogP contribution in [-0.2, 0) is 23.8 Å². The summed E-state index contributed by atoms with van der Waals surface area (Å²) in [5.74, 6) is -1.16. The molecule has 98 valence electrons. The fraction of sp³-hybridized carbons (Fsp3) is 0.500. The summed E-state index contributed by atoms with van der Waals surface area (Å²) in [6, 6.07) is -1.14. The van der Waals surface area contributed by atoms with Crippen LogP contribution in [-0.4, -0.2) is 54.0 Å². The Morgan fingerprint density at radius 2 is 2.33 bits per heavy atom. The van der Waals surface area contributed by atoms with Crippen LogP contribution in [0.25, 0.3) is 0 Å². The molecule has 2 fully saturated rings. The molecule has 0 aliphatic carbocycles. The Balaban J connectivity index is 2.16. The second-order valence-corrected chi connectivity index (χ2v) is 3.64. The molecule has 0 aromatic heterocycles. The number of aliphatic hydroxyl groups is 1. The molecule has 0 radical (unpaired) electrons. The van der Waals surface area contributed by atoms with Crippen LogP contribution < -0.4 is 0 Å². The third-order valence-corrected chi connectivity index (χ3v) is 2.63. The molecule has 18 heavy (non-hydrogen) atoms. The number of esters is 1. The molecule has 2 aliphatic rings. The molecule has 0 saturated carbocycles. The third-order valence-electron chi connectivity index (χ3n) is 2.63. The monoisotopic (exact) mass is 257 g/mol. The number of aliphatic hydroxyl groups excluding tert-OH is 1. The Morgan fingerprint density at radius 1 is 1.61 bits per heavy atom. The number of hydrogen-bond donors (Lipinski definition) is 1. The first-order chi connectivity index (χ1) is 8.58. The molecule has 1 N–H and O–H groups in total. The van der Waals surface area contributed by atoms with E-state index >= 15 is 0 Å². The lowest BCUT2D eigenvalue weighted by atomic mass is 10.1. The smallest absolute Gasteiger partial charge is 0.472 e. The van der Waals surface area contributed by atoms with Crippen LogP contribution in [0.1, 0.15) is 6.42 Å². The molecule has 8 nitrogen and oxygen atoms in total. The van der Waals surface area contributed by atoms with Crippen molar-refractivity contribution in [2.45, 2.75) is 18.7 Å². The Bertz CT molecular complexity index is 430. The van der Waals surface area contributed by atoms with E-state index in [1.807, 2.05) is 0 Å². The molecular weight excluding hydrogens is 246 g/mol. The third kappa shape index (κ3) is 1.90. The molecule has 2 rings (SSSR count). The van der Waals surface area contributed by atoms with Crippen LogP contribution in [0, 0.1) is 0 Å². The van der Waals surface area contributed by atoms with Gasteiger partial charge in [0.25, 0.3) is 0 Å². The first-order valence-corrected chi connectivity index (χ1v) is 5.17. The average Bonchev–Trinajstić information content (AvgIpc) is 2.62. The first kappa shape index (κ1) is 12.4. The number of nitrogens with zero attached hydrogens (tertiary/aromatic N) is 1. The lowest BCUT2D eigenvalue weighted by molar-refractivity contribution is -0.163. The van der Waals surface area contributed by atoms with Gasteiger partial charge in [0.05, 0.1) is 20.1 Å². The van der Waals surface area contributed by atoms with E-state index < -0.39 is 24.4 Å². The minimum absolute atomic E-state index is 0.0993. The summed E-state index contributed by atoms with van der Waals surface area (Å²) in [5.41, 5.74) is 0. The lowest BCUT2D eigenvalue weighted by Crippen LogP contribution is -2.55. The van der Waals surface area contributed by atoms with Crippen molar-refractivity contribution >= 4 is 18.0 Å². The zero-order valence-electron chi connectivity index (χ0n) is 9.49. The van der Waals surface area contributed by atoms with E-state index in [-0.39, 0.29) is 24.7 Å². The van der Waals surface area contributed by atoms with Crippen molar-refractivity contribution in [1.82, 2.24) is 4.90 Å². The summed E-state index contributed by atoms with van der Waals surface area (Å²) in [6.45, 7) is -0.355. The Hall–Kier alpha value is -2.09. The summed E-state index contributed by atoms with van der Waals surface area (Å²) in [7, 11) is 1.06. The van der Waals surface area contributed by atoms with Gasteiger partial charge in [-0.05, 0) is 6.08 Å². The Morgan fingerprint density at radius 3 is 2.89 bits per heavy atom. The molecule has 8 heteroatoms. The van der Waals surface area contributed by atoms with E-state index in [0.717, 1.165) is 12.0 Å². The number of fused-ring (bicyclic) bond motifs is 1. The molecule has 0 spiro atoms. The fourth-order valence-electron chi connectivity index (χ4n) is 1.83. The maximum absolute atomic E-state index is 11.7. The molecule has 0 bridgehead atoms. The summed E-state index contributed by atoms with van der Waals surface area (Å²) >= 11 is 0. The van der Waals surface area contributed by atoms with Crippen LogP contribution in [0.5, 0.6) is 0 Å². The standard InChI is InChI=1S/C10H11NO7/c1-16-10(15)18-9(14)8-5(2-3-12)17-7-4-6(13)11(7)8/h2,7-8,12H,3-4H2,1H3/b5-2-. The lowest BCUT2D eigenvalue weighted by Gasteiger charge is -2.33. The summed E-state index contributed by atoms with van der Waals surface area (Å²) < 4.78 is 13.8. The Kier molecular flexibility index (Phi) is 3.19. The minimum Gasteiger partial charge on any atom is -0.472 e. The number of hydrogen-bond acceptors (Lipinski definition) is 7. The molecule has 0 aromatic carbocycles. The van der Waals surface area contributed by atoms with Crippen LogP contribution in [0.2, 0.25) is 0 Å². The number of rotatable bonds is 2. The van der Waals surface area contributed by atoms with E-state index in [0.29, 0.717) is 0 Å². The van der Waals surface area contributed by atoms with Crippen LogP contribution in [0.15, 0.2) is 11.8 Å². The van der Waals surface area contributed by atoms with E-state index in [4.69, 9.17) is 9.84 Å².